The van der Waals surface area contributed by atoms with Crippen molar-refractivity contribution in [3.8, 4) is 5.75 Å². The number of amides is 1. The van der Waals surface area contributed by atoms with E-state index in [9.17, 15) is 4.79 Å². The largest absolute Gasteiger partial charge is 0.491 e. The van der Waals surface area contributed by atoms with Gasteiger partial charge in [0.25, 0.3) is 5.91 Å². The van der Waals surface area contributed by atoms with Crippen molar-refractivity contribution >= 4 is 5.91 Å². The molecule has 104 valence electrons. The summed E-state index contributed by atoms with van der Waals surface area (Å²) in [6.07, 6.45) is 3.31. The summed E-state index contributed by atoms with van der Waals surface area (Å²) in [5, 5.41) is 2.94. The van der Waals surface area contributed by atoms with Gasteiger partial charge in [-0.3, -0.25) is 4.79 Å². The zero-order chi connectivity index (χ0) is 13.9. The lowest BCUT2D eigenvalue weighted by molar-refractivity contribution is 0.0925. The molecule has 2 heterocycles. The summed E-state index contributed by atoms with van der Waals surface area (Å²) in [4.78, 5) is 16.2. The van der Waals surface area contributed by atoms with Crippen molar-refractivity contribution in [3.63, 3.8) is 0 Å². The van der Waals surface area contributed by atoms with Gasteiger partial charge in [0.05, 0.1) is 12.4 Å². The highest BCUT2D eigenvalue weighted by Crippen LogP contribution is 2.31. The van der Waals surface area contributed by atoms with Crippen LogP contribution in [-0.2, 0) is 6.54 Å². The van der Waals surface area contributed by atoms with E-state index >= 15 is 0 Å². The van der Waals surface area contributed by atoms with E-state index in [1.807, 2.05) is 24.3 Å². The van der Waals surface area contributed by atoms with E-state index in [0.29, 0.717) is 25.4 Å². The molecule has 2 aromatic rings. The number of nitrogens with one attached hydrogen (secondary N) is 1. The minimum Gasteiger partial charge on any atom is -0.491 e. The fourth-order valence-electron chi connectivity index (χ4n) is 2.26. The Kier molecular flexibility index (Phi) is 3.39. The number of hydrogen-bond donors (Lipinski definition) is 2. The fourth-order valence-corrected chi connectivity index (χ4v) is 2.26. The fraction of sp³-hybridized carbons (Fsp3) is 0.286. The Morgan fingerprint density at radius 1 is 1.50 bits per heavy atom. The summed E-state index contributed by atoms with van der Waals surface area (Å²) in [7, 11) is 0. The molecule has 1 aliphatic rings. The van der Waals surface area contributed by atoms with Gasteiger partial charge in [-0.25, -0.2) is 4.98 Å². The molecule has 0 radical (unpaired) electrons. The van der Waals surface area contributed by atoms with Crippen molar-refractivity contribution in [1.82, 2.24) is 14.9 Å². The van der Waals surface area contributed by atoms with Crippen LogP contribution >= 0.6 is 0 Å². The van der Waals surface area contributed by atoms with Crippen LogP contribution in [0.5, 0.6) is 5.75 Å². The second-order valence-corrected chi connectivity index (χ2v) is 4.66. The number of nitrogens with zero attached hydrogens (tertiary/aromatic N) is 2. The Balaban J connectivity index is 1.70. The second kappa shape index (κ2) is 5.34. The molecule has 1 amide bonds. The number of carbonyl (C=O) groups excluding carboxylic acids is 1. The Bertz CT molecular complexity index is 623. The molecule has 3 N–H and O–H groups in total. The van der Waals surface area contributed by atoms with Crippen LogP contribution in [-0.4, -0.2) is 28.6 Å². The molecule has 1 unspecified atom stereocenters. The third kappa shape index (κ3) is 2.37. The average Bonchev–Trinajstić information content (AvgIpc) is 3.07. The third-order valence-electron chi connectivity index (χ3n) is 3.26. The maximum absolute atomic E-state index is 12.2. The van der Waals surface area contributed by atoms with Crippen LogP contribution in [0.3, 0.4) is 0 Å². The molecule has 1 atom stereocenters. The first-order valence-corrected chi connectivity index (χ1v) is 6.52. The molecular weight excluding hydrogens is 256 g/mol. The van der Waals surface area contributed by atoms with Gasteiger partial charge >= 0.3 is 0 Å². The molecular formula is C14H16N4O2. The summed E-state index contributed by atoms with van der Waals surface area (Å²) in [6.45, 7) is 1.62. The lowest BCUT2D eigenvalue weighted by Crippen LogP contribution is -2.29. The Labute approximate surface area is 116 Å². The Morgan fingerprint density at radius 3 is 3.20 bits per heavy atom. The average molecular weight is 272 g/mol. The highest BCUT2D eigenvalue weighted by Gasteiger charge is 2.25. The minimum atomic E-state index is -0.203. The topological polar surface area (TPSA) is 82.2 Å². The van der Waals surface area contributed by atoms with Gasteiger partial charge in [-0.1, -0.05) is 18.2 Å². The van der Waals surface area contributed by atoms with Gasteiger partial charge in [-0.2, -0.15) is 0 Å². The number of para-hydroxylation sites is 1. The zero-order valence-corrected chi connectivity index (χ0v) is 11.0. The molecule has 20 heavy (non-hydrogen) atoms. The molecule has 1 aromatic heterocycles. The van der Waals surface area contributed by atoms with E-state index in [1.54, 1.807) is 17.1 Å². The molecule has 0 spiro atoms. The predicted octanol–water partition coefficient (Wildman–Crippen LogP) is 0.705. The van der Waals surface area contributed by atoms with Crippen molar-refractivity contribution < 1.29 is 9.53 Å². The van der Waals surface area contributed by atoms with Gasteiger partial charge in [-0.15, -0.1) is 0 Å². The predicted molar refractivity (Wildman–Crippen MR) is 73.4 cm³/mol. The van der Waals surface area contributed by atoms with Crippen LogP contribution in [0.4, 0.5) is 0 Å². The van der Waals surface area contributed by atoms with Gasteiger partial charge < -0.3 is 20.4 Å². The standard InChI is InChI=1S/C14H16N4O2/c15-5-6-18-7-11(16-9-18)14(19)17-12-8-20-13-4-2-1-3-10(12)13/h1-4,7,9,12H,5-6,8,15H2,(H,17,19). The molecule has 3 rings (SSSR count). The molecule has 0 saturated carbocycles. The van der Waals surface area contributed by atoms with Crippen LogP contribution in [0.25, 0.3) is 0 Å². The molecule has 0 fully saturated rings. The Hall–Kier alpha value is -2.34. The van der Waals surface area contributed by atoms with Gasteiger partial charge in [-0.05, 0) is 6.07 Å². The van der Waals surface area contributed by atoms with Crippen LogP contribution in [0.2, 0.25) is 0 Å². The summed E-state index contributed by atoms with van der Waals surface area (Å²) >= 11 is 0. The van der Waals surface area contributed by atoms with Gasteiger partial charge in [0.2, 0.25) is 0 Å². The number of aromatic nitrogens is 2. The molecule has 0 aliphatic carbocycles. The normalized spacial score (nSPS) is 16.6. The number of hydrogen-bond acceptors (Lipinski definition) is 4. The first-order chi connectivity index (χ1) is 9.78. The SMILES string of the molecule is NCCn1cnc(C(=O)NC2COc3ccccc32)c1. The number of benzene rings is 1. The van der Waals surface area contributed by atoms with E-state index in [2.05, 4.69) is 10.3 Å². The first-order valence-electron chi connectivity index (χ1n) is 6.52. The number of nitrogens with two attached hydrogens (primary N) is 1. The van der Waals surface area contributed by atoms with Crippen molar-refractivity contribution in [3.05, 3.63) is 48.0 Å². The zero-order valence-electron chi connectivity index (χ0n) is 11.0. The number of carbonyl (C=O) groups is 1. The molecule has 1 aliphatic heterocycles. The maximum Gasteiger partial charge on any atom is 0.272 e. The van der Waals surface area contributed by atoms with Gasteiger partial charge in [0.1, 0.15) is 18.1 Å². The monoisotopic (exact) mass is 272 g/mol. The van der Waals surface area contributed by atoms with E-state index in [-0.39, 0.29) is 11.9 Å². The van der Waals surface area contributed by atoms with Crippen LogP contribution < -0.4 is 15.8 Å². The number of imidazole rings is 1. The Morgan fingerprint density at radius 2 is 2.35 bits per heavy atom. The van der Waals surface area contributed by atoms with Crippen molar-refractivity contribution in [2.75, 3.05) is 13.2 Å². The lowest BCUT2D eigenvalue weighted by Gasteiger charge is -2.10. The number of rotatable bonds is 4. The smallest absolute Gasteiger partial charge is 0.272 e. The van der Waals surface area contributed by atoms with Crippen LogP contribution in [0.1, 0.15) is 22.1 Å². The van der Waals surface area contributed by atoms with Gasteiger partial charge in [0.15, 0.2) is 0 Å². The minimum absolute atomic E-state index is 0.127. The number of ether oxygens (including phenoxy) is 1. The van der Waals surface area contributed by atoms with E-state index in [1.165, 1.54) is 0 Å². The van der Waals surface area contributed by atoms with E-state index in [4.69, 9.17) is 10.5 Å². The number of fused-ring (bicyclic) bond motifs is 1. The summed E-state index contributed by atoms with van der Waals surface area (Å²) in [5.41, 5.74) is 6.86. The lowest BCUT2D eigenvalue weighted by atomic mass is 10.1. The van der Waals surface area contributed by atoms with Crippen LogP contribution in [0.15, 0.2) is 36.8 Å². The van der Waals surface area contributed by atoms with E-state index in [0.717, 1.165) is 11.3 Å². The molecule has 1 aromatic carbocycles. The van der Waals surface area contributed by atoms with Crippen molar-refractivity contribution in [2.45, 2.75) is 12.6 Å². The van der Waals surface area contributed by atoms with Crippen LogP contribution in [0, 0.1) is 0 Å². The highest BCUT2D eigenvalue weighted by molar-refractivity contribution is 5.92. The molecule has 6 nitrogen and oxygen atoms in total. The highest BCUT2D eigenvalue weighted by atomic mass is 16.5. The first kappa shape index (κ1) is 12.7. The summed E-state index contributed by atoms with van der Waals surface area (Å²) in [5.74, 6) is 0.623. The quantitative estimate of drug-likeness (QED) is 0.858. The second-order valence-electron chi connectivity index (χ2n) is 4.66. The van der Waals surface area contributed by atoms with Crippen molar-refractivity contribution in [1.29, 1.82) is 0 Å². The summed E-state index contributed by atoms with van der Waals surface area (Å²) < 4.78 is 7.33. The van der Waals surface area contributed by atoms with Gasteiger partial charge in [0, 0.05) is 24.8 Å². The molecule has 0 bridgehead atoms. The third-order valence-corrected chi connectivity index (χ3v) is 3.26. The molecule has 6 heteroatoms. The summed E-state index contributed by atoms with van der Waals surface area (Å²) in [6, 6.07) is 7.58. The molecule has 0 saturated heterocycles. The maximum atomic E-state index is 12.2. The van der Waals surface area contributed by atoms with Crippen molar-refractivity contribution in [2.24, 2.45) is 5.73 Å². The van der Waals surface area contributed by atoms with E-state index < -0.39 is 0 Å².